The number of benzene rings is 1. The van der Waals surface area contributed by atoms with Gasteiger partial charge in [-0.2, -0.15) is 0 Å². The lowest BCUT2D eigenvalue weighted by Gasteiger charge is -1.99. The molecule has 1 aromatic rings. The smallest absolute Gasteiger partial charge is 0.352 e. The van der Waals surface area contributed by atoms with Crippen LogP contribution in [-0.4, -0.2) is 11.9 Å². The maximum atomic E-state index is 11.1. The van der Waals surface area contributed by atoms with Crippen molar-refractivity contribution in [1.82, 2.24) is 0 Å². The van der Waals surface area contributed by atoms with E-state index >= 15 is 0 Å². The largest absolute Gasteiger partial charge is 0.369 e. The van der Waals surface area contributed by atoms with Gasteiger partial charge in [0.2, 0.25) is 0 Å². The first-order valence-electron chi connectivity index (χ1n) is 4.12. The van der Waals surface area contributed by atoms with Gasteiger partial charge >= 0.3 is 11.9 Å². The average molecular weight is 214 g/mol. The van der Waals surface area contributed by atoms with Crippen LogP contribution >= 0.6 is 0 Å². The molecule has 0 radical (unpaired) electrons. The summed E-state index contributed by atoms with van der Waals surface area (Å²) in [7, 11) is 0. The average Bonchev–Trinajstić information content (AvgIpc) is 2.30. The van der Waals surface area contributed by atoms with Crippen LogP contribution in [0, 0.1) is 25.1 Å². The third kappa shape index (κ3) is 2.63. The quantitative estimate of drug-likeness (QED) is 0.548. The normalized spacial score (nSPS) is 8.38. The molecular formula is C12H6O4. The molecule has 0 amide bonds. The summed E-state index contributed by atoms with van der Waals surface area (Å²) in [5.41, 5.74) is 0.463. The molecule has 0 aliphatic heterocycles. The topological polar surface area (TPSA) is 52.6 Å². The molecule has 0 spiro atoms. The van der Waals surface area contributed by atoms with Crippen LogP contribution in [0.1, 0.15) is 20.7 Å². The van der Waals surface area contributed by atoms with Crippen LogP contribution in [0.15, 0.2) is 24.3 Å². The molecule has 1 rings (SSSR count). The highest BCUT2D eigenvalue weighted by Crippen LogP contribution is 2.07. The van der Waals surface area contributed by atoms with E-state index in [0.29, 0.717) is 0 Å². The first-order valence-corrected chi connectivity index (χ1v) is 4.12. The first kappa shape index (κ1) is 11.4. The van der Waals surface area contributed by atoms with Gasteiger partial charge in [0.1, 0.15) is 12.2 Å². The standard InChI is InChI=1S/C12H6O4/c1-3-15-11(13)9-5-7-10(8-6-9)12(14)16-4-2/h1-2,5-8H. The van der Waals surface area contributed by atoms with Crippen LogP contribution < -0.4 is 0 Å². The molecule has 16 heavy (non-hydrogen) atoms. The van der Waals surface area contributed by atoms with Crippen molar-refractivity contribution in [2.24, 2.45) is 0 Å². The number of hydrogen-bond acceptors (Lipinski definition) is 4. The second-order valence-electron chi connectivity index (χ2n) is 2.59. The van der Waals surface area contributed by atoms with E-state index in [0.717, 1.165) is 0 Å². The molecule has 0 saturated carbocycles. The van der Waals surface area contributed by atoms with Crippen molar-refractivity contribution in [3.05, 3.63) is 35.4 Å². The van der Waals surface area contributed by atoms with Crippen LogP contribution in [0.25, 0.3) is 0 Å². The van der Waals surface area contributed by atoms with Gasteiger partial charge in [-0.05, 0) is 24.3 Å². The zero-order chi connectivity index (χ0) is 12.0. The molecule has 0 unspecified atom stereocenters. The molecule has 0 aromatic heterocycles. The molecule has 0 bridgehead atoms. The van der Waals surface area contributed by atoms with Crippen molar-refractivity contribution in [3.8, 4) is 25.1 Å². The third-order valence-electron chi connectivity index (χ3n) is 1.66. The fraction of sp³-hybridized carbons (Fsp3) is 0. The van der Waals surface area contributed by atoms with Crippen molar-refractivity contribution >= 4 is 11.9 Å². The highest BCUT2D eigenvalue weighted by Gasteiger charge is 2.09. The Labute approximate surface area is 92.2 Å². The number of terminal acetylenes is 2. The Morgan fingerprint density at radius 1 is 0.875 bits per heavy atom. The summed E-state index contributed by atoms with van der Waals surface area (Å²) in [6.45, 7) is 0. The molecule has 0 aliphatic carbocycles. The number of esters is 2. The highest BCUT2D eigenvalue weighted by molar-refractivity contribution is 5.93. The number of carbonyl (C=O) groups excluding carboxylic acids is 2. The molecule has 0 saturated heterocycles. The van der Waals surface area contributed by atoms with Gasteiger partial charge in [-0.1, -0.05) is 12.8 Å². The number of hydrogen-bond donors (Lipinski definition) is 0. The lowest BCUT2D eigenvalue weighted by molar-refractivity contribution is 0.0676. The zero-order valence-corrected chi connectivity index (χ0v) is 8.10. The van der Waals surface area contributed by atoms with Gasteiger partial charge in [-0.25, -0.2) is 9.59 Å². The molecule has 4 heteroatoms. The maximum Gasteiger partial charge on any atom is 0.352 e. The van der Waals surface area contributed by atoms with Crippen molar-refractivity contribution < 1.29 is 19.1 Å². The molecule has 0 atom stereocenters. The molecule has 1 aromatic carbocycles. The fourth-order valence-electron chi connectivity index (χ4n) is 0.967. The Morgan fingerprint density at radius 3 is 1.44 bits per heavy atom. The minimum Gasteiger partial charge on any atom is -0.369 e. The summed E-state index contributed by atoms with van der Waals surface area (Å²) in [6.07, 6.45) is 13.1. The van der Waals surface area contributed by atoms with Crippen LogP contribution in [0.2, 0.25) is 0 Å². The van der Waals surface area contributed by atoms with Gasteiger partial charge in [-0.3, -0.25) is 0 Å². The molecule has 4 nitrogen and oxygen atoms in total. The number of carbonyl (C=O) groups is 2. The van der Waals surface area contributed by atoms with E-state index in [-0.39, 0.29) is 11.1 Å². The van der Waals surface area contributed by atoms with Crippen molar-refractivity contribution in [3.63, 3.8) is 0 Å². The second-order valence-corrected chi connectivity index (χ2v) is 2.59. The Hall–Kier alpha value is -2.72. The molecule has 0 heterocycles. The van der Waals surface area contributed by atoms with Gasteiger partial charge in [0.15, 0.2) is 0 Å². The Morgan fingerprint density at radius 2 is 1.19 bits per heavy atom. The second kappa shape index (κ2) is 5.23. The van der Waals surface area contributed by atoms with Crippen molar-refractivity contribution in [2.75, 3.05) is 0 Å². The molecular weight excluding hydrogens is 208 g/mol. The van der Waals surface area contributed by atoms with Crippen molar-refractivity contribution in [1.29, 1.82) is 0 Å². The predicted octanol–water partition coefficient (Wildman–Crippen LogP) is 1.18. The lowest BCUT2D eigenvalue weighted by atomic mass is 10.1. The van der Waals surface area contributed by atoms with Gasteiger partial charge in [0, 0.05) is 0 Å². The van der Waals surface area contributed by atoms with Gasteiger partial charge in [0.25, 0.3) is 0 Å². The summed E-state index contributed by atoms with van der Waals surface area (Å²) in [4.78, 5) is 22.3. The first-order chi connectivity index (χ1) is 7.69. The SMILES string of the molecule is C#COC(=O)c1ccc(C(=O)OC#C)cc1. The maximum absolute atomic E-state index is 11.1. The minimum absolute atomic E-state index is 0.232. The Balaban J connectivity index is 2.84. The van der Waals surface area contributed by atoms with Crippen LogP contribution in [0.4, 0.5) is 0 Å². The zero-order valence-electron chi connectivity index (χ0n) is 8.10. The summed E-state index contributed by atoms with van der Waals surface area (Å²) >= 11 is 0. The van der Waals surface area contributed by atoms with E-state index < -0.39 is 11.9 Å². The minimum atomic E-state index is -0.667. The van der Waals surface area contributed by atoms with Crippen molar-refractivity contribution in [2.45, 2.75) is 0 Å². The molecule has 0 aliphatic rings. The summed E-state index contributed by atoms with van der Waals surface area (Å²) in [5.74, 6) is -1.33. The van der Waals surface area contributed by atoms with E-state index in [2.05, 4.69) is 9.47 Å². The van der Waals surface area contributed by atoms with E-state index in [4.69, 9.17) is 12.8 Å². The van der Waals surface area contributed by atoms with E-state index in [1.54, 1.807) is 12.2 Å². The monoisotopic (exact) mass is 214 g/mol. The summed E-state index contributed by atoms with van der Waals surface area (Å²) in [6, 6.07) is 5.53. The van der Waals surface area contributed by atoms with Gasteiger partial charge < -0.3 is 9.47 Å². The van der Waals surface area contributed by atoms with E-state index in [1.165, 1.54) is 24.3 Å². The lowest BCUT2D eigenvalue weighted by Crippen LogP contribution is -2.04. The number of ether oxygens (including phenoxy) is 2. The molecule has 0 N–H and O–H groups in total. The number of rotatable bonds is 2. The molecule has 78 valence electrons. The highest BCUT2D eigenvalue weighted by atomic mass is 16.5. The Kier molecular flexibility index (Phi) is 3.71. The summed E-state index contributed by atoms with van der Waals surface area (Å²) < 4.78 is 8.63. The van der Waals surface area contributed by atoms with Gasteiger partial charge in [0.05, 0.1) is 11.1 Å². The fourth-order valence-corrected chi connectivity index (χ4v) is 0.967. The third-order valence-corrected chi connectivity index (χ3v) is 1.66. The predicted molar refractivity (Wildman–Crippen MR) is 54.9 cm³/mol. The van der Waals surface area contributed by atoms with Gasteiger partial charge in [-0.15, -0.1) is 0 Å². The molecule has 0 fully saturated rings. The Bertz CT molecular complexity index is 438. The summed E-state index contributed by atoms with van der Waals surface area (Å²) in [5, 5.41) is 0. The van der Waals surface area contributed by atoms with Crippen LogP contribution in [0.3, 0.4) is 0 Å². The van der Waals surface area contributed by atoms with Crippen LogP contribution in [0.5, 0.6) is 0 Å². The van der Waals surface area contributed by atoms with E-state index in [9.17, 15) is 9.59 Å². The van der Waals surface area contributed by atoms with Crippen LogP contribution in [-0.2, 0) is 9.47 Å². The van der Waals surface area contributed by atoms with E-state index in [1.807, 2.05) is 0 Å².